The Morgan fingerprint density at radius 2 is 1.94 bits per heavy atom. The molecule has 3 heterocycles. The lowest BCUT2D eigenvalue weighted by atomic mass is 10.1. The van der Waals surface area contributed by atoms with Crippen molar-refractivity contribution in [2.24, 2.45) is 0 Å². The zero-order valence-electron chi connectivity index (χ0n) is 17.8. The molecule has 0 bridgehead atoms. The average Bonchev–Trinajstić information content (AvgIpc) is 3.46. The quantitative estimate of drug-likeness (QED) is 0.651. The number of amides is 3. The number of likely N-dealkylation sites (N-methyl/N-ethyl adjacent to an activating group) is 1. The molecule has 5 rings (SSSR count). The molecular formula is C24H24N4O3S. The van der Waals surface area contributed by atoms with E-state index in [1.807, 2.05) is 24.4 Å². The fourth-order valence-electron chi connectivity index (χ4n) is 4.35. The molecule has 3 aromatic rings. The highest BCUT2D eigenvalue weighted by Gasteiger charge is 2.43. The number of carbonyl (C=O) groups excluding carboxylic acids is 3. The van der Waals surface area contributed by atoms with Crippen LogP contribution >= 0.6 is 11.8 Å². The summed E-state index contributed by atoms with van der Waals surface area (Å²) in [7, 11) is 1.76. The molecule has 2 aliphatic heterocycles. The van der Waals surface area contributed by atoms with Crippen LogP contribution in [0.3, 0.4) is 0 Å². The maximum Gasteiger partial charge on any atom is 0.260 e. The fourth-order valence-corrected chi connectivity index (χ4v) is 5.53. The maximum absolute atomic E-state index is 13.3. The second-order valence-corrected chi connectivity index (χ2v) is 9.28. The minimum absolute atomic E-state index is 0.0849. The molecule has 1 N–H and O–H groups in total. The highest BCUT2D eigenvalue weighted by molar-refractivity contribution is 8.00. The molecule has 1 saturated heterocycles. The van der Waals surface area contributed by atoms with Gasteiger partial charge in [-0.1, -0.05) is 30.3 Å². The number of benzene rings is 2. The largest absolute Gasteiger partial charge is 0.361 e. The van der Waals surface area contributed by atoms with Crippen LogP contribution in [0.25, 0.3) is 10.9 Å². The van der Waals surface area contributed by atoms with Gasteiger partial charge in [0.15, 0.2) is 5.37 Å². The molecule has 32 heavy (non-hydrogen) atoms. The number of thioether (sulfide) groups is 1. The van der Waals surface area contributed by atoms with Gasteiger partial charge in [0.25, 0.3) is 11.8 Å². The normalized spacial score (nSPS) is 18.0. The van der Waals surface area contributed by atoms with Crippen LogP contribution in [0.5, 0.6) is 0 Å². The van der Waals surface area contributed by atoms with Gasteiger partial charge < -0.3 is 14.8 Å². The van der Waals surface area contributed by atoms with Crippen LogP contribution < -0.4 is 4.90 Å². The SMILES string of the molecule is CN(CCc1c[nH]c2ccccc12)C(=O)CN1C(=O)C2SCCN2C(=O)c2ccccc21. The van der Waals surface area contributed by atoms with Crippen molar-refractivity contribution in [3.63, 3.8) is 0 Å². The number of hydrogen-bond donors (Lipinski definition) is 1. The molecule has 1 fully saturated rings. The van der Waals surface area contributed by atoms with Crippen molar-refractivity contribution in [3.8, 4) is 0 Å². The Hall–Kier alpha value is -3.26. The molecule has 7 nitrogen and oxygen atoms in total. The van der Waals surface area contributed by atoms with E-state index in [0.29, 0.717) is 30.8 Å². The van der Waals surface area contributed by atoms with Crippen molar-refractivity contribution >= 4 is 46.1 Å². The van der Waals surface area contributed by atoms with E-state index in [4.69, 9.17) is 0 Å². The number of rotatable bonds is 5. The van der Waals surface area contributed by atoms with Gasteiger partial charge in [-0.15, -0.1) is 11.8 Å². The third-order valence-corrected chi connectivity index (χ3v) is 7.36. The van der Waals surface area contributed by atoms with Crippen LogP contribution in [-0.4, -0.2) is 70.3 Å². The summed E-state index contributed by atoms with van der Waals surface area (Å²) in [5, 5.41) is 0.584. The topological polar surface area (TPSA) is 76.7 Å². The summed E-state index contributed by atoms with van der Waals surface area (Å²) < 4.78 is 0. The Bertz CT molecular complexity index is 1210. The molecule has 8 heteroatoms. The summed E-state index contributed by atoms with van der Waals surface area (Å²) in [6.07, 6.45) is 2.69. The van der Waals surface area contributed by atoms with E-state index < -0.39 is 5.37 Å². The number of nitrogens with one attached hydrogen (secondary N) is 1. The predicted octanol–water partition coefficient (Wildman–Crippen LogP) is 2.73. The number of H-pyrrole nitrogens is 1. The lowest BCUT2D eigenvalue weighted by molar-refractivity contribution is -0.130. The summed E-state index contributed by atoms with van der Waals surface area (Å²) in [6, 6.07) is 15.1. The van der Waals surface area contributed by atoms with Gasteiger partial charge in [0.05, 0.1) is 11.3 Å². The number of anilines is 1. The van der Waals surface area contributed by atoms with Crippen LogP contribution in [0.4, 0.5) is 5.69 Å². The summed E-state index contributed by atoms with van der Waals surface area (Å²) in [5.41, 5.74) is 3.21. The maximum atomic E-state index is 13.3. The van der Waals surface area contributed by atoms with E-state index in [0.717, 1.165) is 22.2 Å². The first-order valence-electron chi connectivity index (χ1n) is 10.7. The van der Waals surface area contributed by atoms with Crippen LogP contribution in [0.15, 0.2) is 54.7 Å². The molecule has 164 valence electrons. The van der Waals surface area contributed by atoms with Gasteiger partial charge >= 0.3 is 0 Å². The number of nitrogens with zero attached hydrogens (tertiary/aromatic N) is 3. The van der Waals surface area contributed by atoms with Crippen molar-refractivity contribution in [1.82, 2.24) is 14.8 Å². The molecule has 1 aromatic heterocycles. The summed E-state index contributed by atoms with van der Waals surface area (Å²) in [4.78, 5) is 47.4. The highest BCUT2D eigenvalue weighted by atomic mass is 32.2. The van der Waals surface area contributed by atoms with Gasteiger partial charge in [-0.3, -0.25) is 19.3 Å². The third kappa shape index (κ3) is 3.54. The Labute approximate surface area is 190 Å². The zero-order valence-corrected chi connectivity index (χ0v) is 18.6. The summed E-state index contributed by atoms with van der Waals surface area (Å²) >= 11 is 1.46. The van der Waals surface area contributed by atoms with E-state index in [1.54, 1.807) is 41.1 Å². The van der Waals surface area contributed by atoms with Crippen LogP contribution in [0.2, 0.25) is 0 Å². The lowest BCUT2D eigenvalue weighted by Crippen LogP contribution is -2.47. The van der Waals surface area contributed by atoms with Crippen LogP contribution in [0.1, 0.15) is 15.9 Å². The second kappa shape index (κ2) is 8.35. The number of para-hydroxylation sites is 2. The Balaban J connectivity index is 1.33. The molecule has 0 spiro atoms. The molecule has 0 radical (unpaired) electrons. The van der Waals surface area contributed by atoms with Crippen LogP contribution in [-0.2, 0) is 16.0 Å². The van der Waals surface area contributed by atoms with Crippen molar-refractivity contribution in [2.75, 3.05) is 37.3 Å². The number of hydrogen-bond acceptors (Lipinski definition) is 4. The number of carbonyl (C=O) groups is 3. The van der Waals surface area contributed by atoms with E-state index in [2.05, 4.69) is 11.1 Å². The standard InChI is InChI=1S/C24H24N4O3S/c1-26(11-10-16-14-25-19-8-4-2-6-17(16)19)21(29)15-28-20-9-5-3-7-18(20)22(30)27-12-13-32-24(27)23(28)31/h2-9,14,24-25H,10-13,15H2,1H3. The van der Waals surface area contributed by atoms with E-state index in [1.165, 1.54) is 16.7 Å². The third-order valence-electron chi connectivity index (χ3n) is 6.16. The van der Waals surface area contributed by atoms with E-state index in [9.17, 15) is 14.4 Å². The number of aromatic nitrogens is 1. The average molecular weight is 449 g/mol. The van der Waals surface area contributed by atoms with E-state index >= 15 is 0 Å². The lowest BCUT2D eigenvalue weighted by Gasteiger charge is -2.27. The molecule has 2 aliphatic rings. The van der Waals surface area contributed by atoms with Gasteiger partial charge in [0, 0.05) is 43.0 Å². The smallest absolute Gasteiger partial charge is 0.260 e. The van der Waals surface area contributed by atoms with Crippen molar-refractivity contribution in [1.29, 1.82) is 0 Å². The molecule has 0 saturated carbocycles. The Morgan fingerprint density at radius 3 is 2.81 bits per heavy atom. The first-order valence-corrected chi connectivity index (χ1v) is 11.7. The first-order chi connectivity index (χ1) is 15.5. The first kappa shape index (κ1) is 20.6. The minimum atomic E-state index is -0.570. The van der Waals surface area contributed by atoms with Crippen molar-refractivity contribution in [3.05, 3.63) is 65.9 Å². The van der Waals surface area contributed by atoms with Gasteiger partial charge in [0.2, 0.25) is 5.91 Å². The number of fused-ring (bicyclic) bond motifs is 3. The Morgan fingerprint density at radius 1 is 1.16 bits per heavy atom. The highest BCUT2D eigenvalue weighted by Crippen LogP contribution is 2.35. The monoisotopic (exact) mass is 448 g/mol. The fraction of sp³-hybridized carbons (Fsp3) is 0.292. The van der Waals surface area contributed by atoms with E-state index in [-0.39, 0.29) is 24.3 Å². The number of aromatic amines is 1. The van der Waals surface area contributed by atoms with Gasteiger partial charge in [-0.2, -0.15) is 0 Å². The van der Waals surface area contributed by atoms with Gasteiger partial charge in [0.1, 0.15) is 6.54 Å². The molecule has 2 aromatic carbocycles. The zero-order chi connectivity index (χ0) is 22.2. The Kier molecular flexibility index (Phi) is 5.38. The predicted molar refractivity (Wildman–Crippen MR) is 126 cm³/mol. The second-order valence-electron chi connectivity index (χ2n) is 8.09. The van der Waals surface area contributed by atoms with Crippen molar-refractivity contribution in [2.45, 2.75) is 11.8 Å². The van der Waals surface area contributed by atoms with Crippen molar-refractivity contribution < 1.29 is 14.4 Å². The molecule has 3 amide bonds. The molecule has 1 atom stereocenters. The van der Waals surface area contributed by atoms with Gasteiger partial charge in [-0.05, 0) is 30.2 Å². The summed E-state index contributed by atoms with van der Waals surface area (Å²) in [5.74, 6) is 0.212. The minimum Gasteiger partial charge on any atom is -0.361 e. The molecule has 1 unspecified atom stereocenters. The molecular weight excluding hydrogens is 424 g/mol. The molecule has 0 aliphatic carbocycles. The van der Waals surface area contributed by atoms with Crippen LogP contribution in [0, 0.1) is 0 Å². The van der Waals surface area contributed by atoms with Gasteiger partial charge in [-0.25, -0.2) is 0 Å². The summed E-state index contributed by atoms with van der Waals surface area (Å²) in [6.45, 7) is 0.993.